The van der Waals surface area contributed by atoms with Gasteiger partial charge in [0.2, 0.25) is 0 Å². The van der Waals surface area contributed by atoms with Crippen LogP contribution in [0.3, 0.4) is 0 Å². The summed E-state index contributed by atoms with van der Waals surface area (Å²) in [6, 6.07) is 22.9. The highest BCUT2D eigenvalue weighted by atomic mass is 16.5. The maximum atomic E-state index is 13.0. The Morgan fingerprint density at radius 2 is 1.69 bits per heavy atom. The summed E-state index contributed by atoms with van der Waals surface area (Å²) in [6.45, 7) is 6.26. The fraction of sp³-hybridized carbons (Fsp3) is 0.250. The smallest absolute Gasteiger partial charge is 0.330 e. The quantitative estimate of drug-likeness (QED) is 0.233. The van der Waals surface area contributed by atoms with Crippen LogP contribution in [0.15, 0.2) is 88.1 Å². The Morgan fingerprint density at radius 1 is 0.949 bits per heavy atom. The van der Waals surface area contributed by atoms with E-state index in [1.807, 2.05) is 54.6 Å². The Kier molecular flexibility index (Phi) is 8.08. The number of ether oxygens (including phenoxy) is 2. The molecule has 0 saturated carbocycles. The van der Waals surface area contributed by atoms with Crippen LogP contribution in [0.1, 0.15) is 11.1 Å². The first kappa shape index (κ1) is 26.3. The van der Waals surface area contributed by atoms with Gasteiger partial charge in [0, 0.05) is 55.5 Å². The summed E-state index contributed by atoms with van der Waals surface area (Å²) in [5, 5.41) is 0.481. The van der Waals surface area contributed by atoms with Gasteiger partial charge in [-0.25, -0.2) is 4.79 Å². The molecule has 7 heteroatoms. The van der Waals surface area contributed by atoms with Crippen LogP contribution in [0.5, 0.6) is 5.75 Å². The van der Waals surface area contributed by atoms with Crippen molar-refractivity contribution < 1.29 is 18.7 Å². The van der Waals surface area contributed by atoms with E-state index < -0.39 is 5.97 Å². The minimum absolute atomic E-state index is 0.0845. The molecule has 5 rings (SSSR count). The Bertz CT molecular complexity index is 1540. The molecule has 0 unspecified atom stereocenters. The molecule has 1 aromatic heterocycles. The highest BCUT2D eigenvalue weighted by Gasteiger charge is 2.19. The molecule has 0 amide bonds. The molecule has 4 aromatic rings. The third kappa shape index (κ3) is 5.89. The second-order valence-corrected chi connectivity index (χ2v) is 9.48. The zero-order valence-electron chi connectivity index (χ0n) is 22.3. The van der Waals surface area contributed by atoms with Crippen LogP contribution in [-0.2, 0) is 9.53 Å². The maximum absolute atomic E-state index is 13.0. The van der Waals surface area contributed by atoms with E-state index in [1.54, 1.807) is 32.2 Å². The van der Waals surface area contributed by atoms with Crippen LogP contribution < -0.4 is 15.1 Å². The number of benzene rings is 3. The van der Waals surface area contributed by atoms with Gasteiger partial charge in [0.1, 0.15) is 23.7 Å². The molecular formula is C32H32N2O5. The lowest BCUT2D eigenvalue weighted by molar-refractivity contribution is -0.138. The van der Waals surface area contributed by atoms with Gasteiger partial charge in [0.25, 0.3) is 0 Å². The van der Waals surface area contributed by atoms with E-state index in [-0.39, 0.29) is 5.43 Å². The Balaban J connectivity index is 1.19. The summed E-state index contributed by atoms with van der Waals surface area (Å²) in [5.41, 5.74) is 3.49. The second-order valence-electron chi connectivity index (χ2n) is 9.48. The predicted octanol–water partition coefficient (Wildman–Crippen LogP) is 5.16. The number of fused-ring (bicyclic) bond motifs is 1. The average Bonchev–Trinajstić information content (AvgIpc) is 2.98. The predicted molar refractivity (Wildman–Crippen MR) is 154 cm³/mol. The molecule has 200 valence electrons. The van der Waals surface area contributed by atoms with Gasteiger partial charge >= 0.3 is 5.97 Å². The van der Waals surface area contributed by atoms with Crippen molar-refractivity contribution in [3.8, 4) is 17.1 Å². The molecule has 2 heterocycles. The van der Waals surface area contributed by atoms with Crippen LogP contribution in [0.25, 0.3) is 28.4 Å². The Hall–Kier alpha value is -4.36. The number of carbonyl (C=O) groups is 1. The molecule has 0 bridgehead atoms. The van der Waals surface area contributed by atoms with Crippen molar-refractivity contribution in [2.45, 2.75) is 6.92 Å². The number of anilines is 1. The van der Waals surface area contributed by atoms with Crippen molar-refractivity contribution in [2.75, 3.05) is 51.3 Å². The monoisotopic (exact) mass is 524 g/mol. The topological polar surface area (TPSA) is 72.2 Å². The van der Waals surface area contributed by atoms with Gasteiger partial charge in [-0.3, -0.25) is 9.69 Å². The summed E-state index contributed by atoms with van der Waals surface area (Å²) in [6.07, 6.45) is 3.03. The minimum Gasteiger partial charge on any atom is -0.495 e. The second kappa shape index (κ2) is 12.0. The molecule has 1 saturated heterocycles. The first-order valence-electron chi connectivity index (χ1n) is 13.1. The number of rotatable bonds is 8. The van der Waals surface area contributed by atoms with Gasteiger partial charge in [0.05, 0.1) is 18.2 Å². The van der Waals surface area contributed by atoms with Crippen molar-refractivity contribution in [1.82, 2.24) is 4.90 Å². The third-order valence-corrected chi connectivity index (χ3v) is 7.06. The van der Waals surface area contributed by atoms with E-state index >= 15 is 0 Å². The number of hydrogen-bond donors (Lipinski definition) is 0. The lowest BCUT2D eigenvalue weighted by atomic mass is 10.0. The van der Waals surface area contributed by atoms with Crippen LogP contribution in [-0.4, -0.2) is 57.3 Å². The number of carbonyl (C=O) groups excluding carboxylic acids is 1. The molecule has 0 radical (unpaired) electrons. The lowest BCUT2D eigenvalue weighted by Gasteiger charge is -2.36. The Morgan fingerprint density at radius 3 is 2.46 bits per heavy atom. The lowest BCUT2D eigenvalue weighted by Crippen LogP contribution is -2.47. The van der Waals surface area contributed by atoms with Crippen LogP contribution in [0.2, 0.25) is 0 Å². The van der Waals surface area contributed by atoms with Crippen molar-refractivity contribution in [3.05, 3.63) is 100 Å². The van der Waals surface area contributed by atoms with E-state index in [0.29, 0.717) is 41.0 Å². The fourth-order valence-electron chi connectivity index (χ4n) is 4.91. The largest absolute Gasteiger partial charge is 0.495 e. The van der Waals surface area contributed by atoms with Gasteiger partial charge in [-0.2, -0.15) is 0 Å². The highest BCUT2D eigenvalue weighted by Crippen LogP contribution is 2.29. The average molecular weight is 525 g/mol. The molecule has 0 atom stereocenters. The van der Waals surface area contributed by atoms with Gasteiger partial charge in [-0.15, -0.1) is 0 Å². The summed E-state index contributed by atoms with van der Waals surface area (Å²) in [4.78, 5) is 30.1. The minimum atomic E-state index is -0.433. The van der Waals surface area contributed by atoms with Crippen LogP contribution in [0, 0.1) is 6.92 Å². The molecule has 0 aliphatic carbocycles. The van der Waals surface area contributed by atoms with Gasteiger partial charge in [0.15, 0.2) is 5.43 Å². The third-order valence-electron chi connectivity index (χ3n) is 7.06. The maximum Gasteiger partial charge on any atom is 0.330 e. The normalized spacial score (nSPS) is 14.2. The van der Waals surface area contributed by atoms with Gasteiger partial charge in [-0.05, 0) is 31.2 Å². The number of nitrogens with zero attached hydrogens (tertiary/aromatic N) is 2. The summed E-state index contributed by atoms with van der Waals surface area (Å²) in [5.74, 6) is 0.975. The molecule has 1 aliphatic heterocycles. The van der Waals surface area contributed by atoms with E-state index in [4.69, 9.17) is 13.9 Å². The van der Waals surface area contributed by atoms with Crippen molar-refractivity contribution in [1.29, 1.82) is 0 Å². The molecule has 39 heavy (non-hydrogen) atoms. The molecule has 0 spiro atoms. The zero-order chi connectivity index (χ0) is 27.2. The molecule has 3 aromatic carbocycles. The number of piperazine rings is 1. The number of hydrogen-bond acceptors (Lipinski definition) is 7. The number of methoxy groups -OCH3 is 1. The highest BCUT2D eigenvalue weighted by molar-refractivity contribution is 5.93. The summed E-state index contributed by atoms with van der Waals surface area (Å²) in [7, 11) is 1.69. The van der Waals surface area contributed by atoms with E-state index in [1.165, 1.54) is 6.08 Å². The number of esters is 1. The molecule has 7 nitrogen and oxygen atoms in total. The Labute approximate surface area is 227 Å². The van der Waals surface area contributed by atoms with Crippen molar-refractivity contribution >= 4 is 28.7 Å². The van der Waals surface area contributed by atoms with E-state index in [0.717, 1.165) is 43.2 Å². The number of para-hydroxylation sites is 3. The molecule has 0 N–H and O–H groups in total. The van der Waals surface area contributed by atoms with Crippen molar-refractivity contribution in [2.24, 2.45) is 0 Å². The first-order chi connectivity index (χ1) is 19.0. The van der Waals surface area contributed by atoms with E-state index in [9.17, 15) is 9.59 Å². The fourth-order valence-corrected chi connectivity index (χ4v) is 4.91. The van der Waals surface area contributed by atoms with E-state index in [2.05, 4.69) is 15.9 Å². The van der Waals surface area contributed by atoms with Gasteiger partial charge < -0.3 is 18.8 Å². The zero-order valence-corrected chi connectivity index (χ0v) is 22.3. The summed E-state index contributed by atoms with van der Waals surface area (Å²) >= 11 is 0. The standard InChI is InChI=1S/C32H32N2O5/c1-23-30(36)26-12-8-11-25(32(26)39-31(23)24-9-4-3-5-10-24)15-16-29(35)38-22-21-33-17-19-34(20-18-33)27-13-6-7-14-28(27)37-2/h3-16H,17-22H2,1-2H3. The summed E-state index contributed by atoms with van der Waals surface area (Å²) < 4.78 is 17.2. The van der Waals surface area contributed by atoms with Crippen molar-refractivity contribution in [3.63, 3.8) is 0 Å². The molecule has 1 aliphatic rings. The van der Waals surface area contributed by atoms with Crippen LogP contribution in [0.4, 0.5) is 5.69 Å². The van der Waals surface area contributed by atoms with Gasteiger partial charge in [-0.1, -0.05) is 54.6 Å². The molecular weight excluding hydrogens is 492 g/mol. The SMILES string of the molecule is COc1ccccc1N1CCN(CCOC(=O)C=Cc2cccc3c(=O)c(C)c(-c4ccccc4)oc23)CC1. The van der Waals surface area contributed by atoms with Crippen LogP contribution >= 0.6 is 0 Å². The first-order valence-corrected chi connectivity index (χ1v) is 13.1. The molecule has 1 fully saturated rings.